The first-order valence-electron chi connectivity index (χ1n) is 9.70. The minimum Gasteiger partial charge on any atom is -0.466 e. The number of benzene rings is 1. The van der Waals surface area contributed by atoms with Crippen molar-refractivity contribution in [1.29, 1.82) is 0 Å². The summed E-state index contributed by atoms with van der Waals surface area (Å²) in [4.78, 5) is 40.9. The number of rotatable bonds is 4. The number of carbonyl (C=O) groups is 3. The maximum atomic E-state index is 13.2. The molecule has 27 heavy (non-hydrogen) atoms. The SMILES string of the molecule is CCOC(=O)C1CCN(C(=O)[C@H]2CC(=O)N(C)[C@@H]2c2ccc(C)cc2)CC1. The third-order valence-electron chi connectivity index (χ3n) is 5.75. The summed E-state index contributed by atoms with van der Waals surface area (Å²) in [5, 5.41) is 0. The number of aryl methyl sites for hydroxylation is 1. The van der Waals surface area contributed by atoms with Gasteiger partial charge in [0.15, 0.2) is 0 Å². The van der Waals surface area contributed by atoms with Crippen LogP contribution in [0.2, 0.25) is 0 Å². The first-order chi connectivity index (χ1) is 12.9. The molecule has 0 aromatic heterocycles. The summed E-state index contributed by atoms with van der Waals surface area (Å²) in [5.74, 6) is -0.655. The molecule has 2 amide bonds. The lowest BCUT2D eigenvalue weighted by Crippen LogP contribution is -2.44. The van der Waals surface area contributed by atoms with Crippen molar-refractivity contribution in [3.05, 3.63) is 35.4 Å². The van der Waals surface area contributed by atoms with Gasteiger partial charge in [-0.3, -0.25) is 14.4 Å². The lowest BCUT2D eigenvalue weighted by Gasteiger charge is -2.34. The molecule has 0 saturated carbocycles. The van der Waals surface area contributed by atoms with Crippen LogP contribution in [0.15, 0.2) is 24.3 Å². The standard InChI is InChI=1S/C21H28N2O4/c1-4-27-21(26)16-9-11-23(12-10-16)20(25)17-13-18(24)22(3)19(17)15-7-5-14(2)6-8-15/h5-8,16-17,19H,4,9-13H2,1-3H3/t17-,19+/m0/s1. The molecule has 0 bridgehead atoms. The maximum Gasteiger partial charge on any atom is 0.309 e. The monoisotopic (exact) mass is 372 g/mol. The van der Waals surface area contributed by atoms with E-state index in [-0.39, 0.29) is 42.1 Å². The van der Waals surface area contributed by atoms with Crippen LogP contribution in [0.5, 0.6) is 0 Å². The van der Waals surface area contributed by atoms with Crippen LogP contribution >= 0.6 is 0 Å². The van der Waals surface area contributed by atoms with Crippen molar-refractivity contribution in [2.45, 2.75) is 39.2 Å². The minimum atomic E-state index is -0.371. The topological polar surface area (TPSA) is 66.9 Å². The van der Waals surface area contributed by atoms with E-state index in [9.17, 15) is 14.4 Å². The Morgan fingerprint density at radius 2 is 1.78 bits per heavy atom. The summed E-state index contributed by atoms with van der Waals surface area (Å²) in [6.45, 7) is 5.28. The van der Waals surface area contributed by atoms with Crippen molar-refractivity contribution < 1.29 is 19.1 Å². The number of esters is 1. The second-order valence-electron chi connectivity index (χ2n) is 7.52. The number of hydrogen-bond acceptors (Lipinski definition) is 4. The van der Waals surface area contributed by atoms with Gasteiger partial charge in [-0.2, -0.15) is 0 Å². The number of carbonyl (C=O) groups excluding carboxylic acids is 3. The lowest BCUT2D eigenvalue weighted by molar-refractivity contribution is -0.152. The predicted molar refractivity (Wildman–Crippen MR) is 101 cm³/mol. The number of likely N-dealkylation sites (tertiary alicyclic amines) is 2. The van der Waals surface area contributed by atoms with Gasteiger partial charge in [0.1, 0.15) is 0 Å². The molecule has 0 radical (unpaired) electrons. The first-order valence-corrected chi connectivity index (χ1v) is 9.70. The van der Waals surface area contributed by atoms with E-state index in [1.165, 1.54) is 0 Å². The third kappa shape index (κ3) is 3.99. The van der Waals surface area contributed by atoms with E-state index in [4.69, 9.17) is 4.74 Å². The molecule has 3 rings (SSSR count). The van der Waals surface area contributed by atoms with Gasteiger partial charge < -0.3 is 14.5 Å². The molecular weight excluding hydrogens is 344 g/mol. The van der Waals surface area contributed by atoms with Gasteiger partial charge in [0, 0.05) is 26.6 Å². The Kier molecular flexibility index (Phi) is 5.82. The third-order valence-corrected chi connectivity index (χ3v) is 5.75. The molecule has 2 aliphatic heterocycles. The normalized spacial score (nSPS) is 23.6. The molecule has 0 unspecified atom stereocenters. The molecule has 2 heterocycles. The van der Waals surface area contributed by atoms with E-state index in [1.54, 1.807) is 18.9 Å². The van der Waals surface area contributed by atoms with Gasteiger partial charge in [0.05, 0.1) is 24.5 Å². The summed E-state index contributed by atoms with van der Waals surface area (Å²) in [6, 6.07) is 7.80. The fourth-order valence-corrected chi connectivity index (χ4v) is 4.14. The number of ether oxygens (including phenoxy) is 1. The largest absolute Gasteiger partial charge is 0.466 e. The Morgan fingerprint density at radius 1 is 1.15 bits per heavy atom. The zero-order valence-corrected chi connectivity index (χ0v) is 16.3. The second kappa shape index (κ2) is 8.11. The van der Waals surface area contributed by atoms with E-state index in [0.29, 0.717) is 32.5 Å². The number of hydrogen-bond donors (Lipinski definition) is 0. The molecule has 6 heteroatoms. The van der Waals surface area contributed by atoms with Crippen LogP contribution in [0.4, 0.5) is 0 Å². The number of amides is 2. The van der Waals surface area contributed by atoms with Crippen molar-refractivity contribution in [3.8, 4) is 0 Å². The van der Waals surface area contributed by atoms with Crippen LogP contribution in [0, 0.1) is 18.8 Å². The van der Waals surface area contributed by atoms with Crippen molar-refractivity contribution in [3.63, 3.8) is 0 Å². The maximum absolute atomic E-state index is 13.2. The lowest BCUT2D eigenvalue weighted by atomic mass is 9.90. The molecule has 2 atom stereocenters. The molecule has 0 N–H and O–H groups in total. The van der Waals surface area contributed by atoms with E-state index in [1.807, 2.05) is 36.1 Å². The minimum absolute atomic E-state index is 0.000310. The van der Waals surface area contributed by atoms with Crippen molar-refractivity contribution in [2.24, 2.45) is 11.8 Å². The summed E-state index contributed by atoms with van der Waals surface area (Å²) >= 11 is 0. The van der Waals surface area contributed by atoms with Crippen LogP contribution in [0.3, 0.4) is 0 Å². The Hall–Kier alpha value is -2.37. The Balaban J connectivity index is 1.70. The van der Waals surface area contributed by atoms with Crippen LogP contribution in [0.25, 0.3) is 0 Å². The highest BCUT2D eigenvalue weighted by Crippen LogP contribution is 2.38. The molecule has 2 aliphatic rings. The average Bonchev–Trinajstić information content (AvgIpc) is 2.97. The molecule has 0 spiro atoms. The van der Waals surface area contributed by atoms with Gasteiger partial charge in [-0.15, -0.1) is 0 Å². The van der Waals surface area contributed by atoms with Crippen LogP contribution in [-0.4, -0.2) is 54.3 Å². The molecule has 1 aromatic carbocycles. The van der Waals surface area contributed by atoms with Gasteiger partial charge in [-0.05, 0) is 32.3 Å². The van der Waals surface area contributed by atoms with Crippen molar-refractivity contribution in [1.82, 2.24) is 9.80 Å². The smallest absolute Gasteiger partial charge is 0.309 e. The Bertz CT molecular complexity index is 707. The Labute approximate surface area is 160 Å². The molecule has 6 nitrogen and oxygen atoms in total. The molecule has 2 fully saturated rings. The van der Waals surface area contributed by atoms with E-state index in [0.717, 1.165) is 11.1 Å². The highest BCUT2D eigenvalue weighted by Gasteiger charge is 2.44. The number of nitrogens with zero attached hydrogens (tertiary/aromatic N) is 2. The average molecular weight is 372 g/mol. The molecule has 2 saturated heterocycles. The highest BCUT2D eigenvalue weighted by atomic mass is 16.5. The summed E-state index contributed by atoms with van der Waals surface area (Å²) in [5.41, 5.74) is 2.14. The second-order valence-corrected chi connectivity index (χ2v) is 7.52. The van der Waals surface area contributed by atoms with Crippen molar-refractivity contribution in [2.75, 3.05) is 26.7 Å². The van der Waals surface area contributed by atoms with Gasteiger partial charge in [-0.25, -0.2) is 0 Å². The molecular formula is C21H28N2O4. The van der Waals surface area contributed by atoms with Crippen LogP contribution in [0.1, 0.15) is 43.4 Å². The fourth-order valence-electron chi connectivity index (χ4n) is 4.14. The van der Waals surface area contributed by atoms with Crippen molar-refractivity contribution >= 4 is 17.8 Å². The summed E-state index contributed by atoms with van der Waals surface area (Å²) < 4.78 is 5.10. The van der Waals surface area contributed by atoms with Gasteiger partial charge >= 0.3 is 5.97 Å². The van der Waals surface area contributed by atoms with Crippen LogP contribution in [-0.2, 0) is 19.1 Å². The predicted octanol–water partition coefficient (Wildman–Crippen LogP) is 2.32. The Morgan fingerprint density at radius 3 is 2.37 bits per heavy atom. The fraction of sp³-hybridized carbons (Fsp3) is 0.571. The highest BCUT2D eigenvalue weighted by molar-refractivity contribution is 5.90. The van der Waals surface area contributed by atoms with Gasteiger partial charge in [0.25, 0.3) is 0 Å². The van der Waals surface area contributed by atoms with E-state index >= 15 is 0 Å². The molecule has 146 valence electrons. The molecule has 0 aliphatic carbocycles. The van der Waals surface area contributed by atoms with Gasteiger partial charge in [0.2, 0.25) is 11.8 Å². The zero-order chi connectivity index (χ0) is 19.6. The summed E-state index contributed by atoms with van der Waals surface area (Å²) in [7, 11) is 1.77. The van der Waals surface area contributed by atoms with E-state index < -0.39 is 0 Å². The van der Waals surface area contributed by atoms with E-state index in [2.05, 4.69) is 0 Å². The van der Waals surface area contributed by atoms with Gasteiger partial charge in [-0.1, -0.05) is 29.8 Å². The number of piperidine rings is 1. The van der Waals surface area contributed by atoms with Crippen LogP contribution < -0.4 is 0 Å². The molecule has 1 aromatic rings. The summed E-state index contributed by atoms with van der Waals surface area (Å²) in [6.07, 6.45) is 1.48. The zero-order valence-electron chi connectivity index (χ0n) is 16.3. The quantitative estimate of drug-likeness (QED) is 0.761. The first kappa shape index (κ1) is 19.4.